The fraction of sp³-hybridized carbons (Fsp3) is 0.536. The third-order valence-corrected chi connectivity index (χ3v) is 8.19. The van der Waals surface area contributed by atoms with Gasteiger partial charge in [0.15, 0.2) is 0 Å². The largest absolute Gasteiger partial charge is 0.360 e. The summed E-state index contributed by atoms with van der Waals surface area (Å²) in [5, 5.41) is 11.4. The molecule has 2 saturated carbocycles. The first-order chi connectivity index (χ1) is 16.5. The molecule has 6 heteroatoms. The second kappa shape index (κ2) is 10.2. The lowest BCUT2D eigenvalue weighted by molar-refractivity contribution is -0.130. The van der Waals surface area contributed by atoms with Crippen molar-refractivity contribution in [3.8, 4) is 0 Å². The van der Waals surface area contributed by atoms with Gasteiger partial charge >= 0.3 is 0 Å². The Hall–Kier alpha value is -2.27. The summed E-state index contributed by atoms with van der Waals surface area (Å²) in [6.45, 7) is 0. The number of amides is 1. The summed E-state index contributed by atoms with van der Waals surface area (Å²) in [5.74, 6) is -0.193. The lowest BCUT2D eigenvalue weighted by atomic mass is 9.71. The maximum absolute atomic E-state index is 14.2. The molecule has 0 saturated heterocycles. The Morgan fingerprint density at radius 3 is 2.41 bits per heavy atom. The van der Waals surface area contributed by atoms with E-state index < -0.39 is 5.66 Å². The summed E-state index contributed by atoms with van der Waals surface area (Å²) in [4.78, 5) is 14.1. The van der Waals surface area contributed by atoms with Gasteiger partial charge in [-0.25, -0.2) is 4.39 Å². The van der Waals surface area contributed by atoms with E-state index in [1.807, 2.05) is 18.2 Å². The van der Waals surface area contributed by atoms with Crippen LogP contribution < -0.4 is 16.0 Å². The molecule has 3 N–H and O–H groups in total. The molecule has 1 aliphatic heterocycles. The Kier molecular flexibility index (Phi) is 7.01. The van der Waals surface area contributed by atoms with Crippen LogP contribution in [0.15, 0.2) is 42.5 Å². The average molecular weight is 484 g/mol. The van der Waals surface area contributed by atoms with Crippen molar-refractivity contribution in [2.45, 2.75) is 82.3 Å². The molecular formula is C28H35ClFN3O. The van der Waals surface area contributed by atoms with Gasteiger partial charge in [0.1, 0.15) is 11.5 Å². The zero-order chi connectivity index (χ0) is 23.5. The van der Waals surface area contributed by atoms with E-state index >= 15 is 0 Å². The summed E-state index contributed by atoms with van der Waals surface area (Å²) < 4.78 is 14.2. The molecule has 2 aromatic rings. The molecular weight excluding hydrogens is 449 g/mol. The van der Waals surface area contributed by atoms with Crippen molar-refractivity contribution in [2.75, 3.05) is 10.6 Å². The molecule has 0 aromatic heterocycles. The van der Waals surface area contributed by atoms with E-state index in [-0.39, 0.29) is 29.6 Å². The van der Waals surface area contributed by atoms with E-state index in [0.717, 1.165) is 49.8 Å². The summed E-state index contributed by atoms with van der Waals surface area (Å²) in [6, 6.07) is 12.9. The van der Waals surface area contributed by atoms with Crippen molar-refractivity contribution < 1.29 is 9.18 Å². The highest BCUT2D eigenvalue weighted by Gasteiger charge is 2.50. The minimum absolute atomic E-state index is 0.120. The summed E-state index contributed by atoms with van der Waals surface area (Å²) >= 11 is 6.34. The minimum Gasteiger partial charge on any atom is -0.360 e. The van der Waals surface area contributed by atoms with E-state index in [1.165, 1.54) is 37.8 Å². The van der Waals surface area contributed by atoms with Crippen LogP contribution in [0.5, 0.6) is 0 Å². The van der Waals surface area contributed by atoms with Crippen LogP contribution in [-0.2, 0) is 11.2 Å². The van der Waals surface area contributed by atoms with Crippen LogP contribution in [0.2, 0.25) is 5.02 Å². The van der Waals surface area contributed by atoms with Crippen molar-refractivity contribution in [1.82, 2.24) is 5.32 Å². The molecule has 2 aromatic carbocycles. The number of nitrogens with one attached hydrogen (secondary N) is 3. The third-order valence-electron chi connectivity index (χ3n) is 7.96. The van der Waals surface area contributed by atoms with Crippen LogP contribution in [0.25, 0.3) is 0 Å². The Morgan fingerprint density at radius 2 is 1.68 bits per heavy atom. The van der Waals surface area contributed by atoms with Gasteiger partial charge in [-0.3, -0.25) is 4.79 Å². The van der Waals surface area contributed by atoms with E-state index in [0.29, 0.717) is 17.1 Å². The Labute approximate surface area is 207 Å². The van der Waals surface area contributed by atoms with Gasteiger partial charge in [0.2, 0.25) is 5.91 Å². The van der Waals surface area contributed by atoms with Crippen LogP contribution in [-0.4, -0.2) is 17.6 Å². The Balaban J connectivity index is 1.52. The van der Waals surface area contributed by atoms with Gasteiger partial charge in [-0.15, -0.1) is 0 Å². The molecule has 0 radical (unpaired) electrons. The second-order valence-electron chi connectivity index (χ2n) is 10.4. The molecule has 2 unspecified atom stereocenters. The number of hydrogen-bond donors (Lipinski definition) is 3. The van der Waals surface area contributed by atoms with Crippen molar-refractivity contribution in [1.29, 1.82) is 0 Å². The fourth-order valence-corrected chi connectivity index (χ4v) is 6.62. The van der Waals surface area contributed by atoms with Gasteiger partial charge in [0.05, 0.1) is 17.3 Å². The molecule has 0 spiro atoms. The first kappa shape index (κ1) is 23.5. The standard InChI is InChI=1S/C28H35ClFN3O/c29-21-11-7-8-19(16-21)18-28(32-24-15-14-22(30)17-25(24)33-28)26(20-9-3-1-4-10-20)27(34)31-23-12-5-2-6-13-23/h7-8,11,14-17,20,23,26,32-33H,1-6,9-10,12-13,18H2,(H,31,34). The van der Waals surface area contributed by atoms with Gasteiger partial charge in [0.25, 0.3) is 0 Å². The SMILES string of the molecule is O=C(NC1CCCCC1)C(C1CCCCC1)C1(Cc2cccc(Cl)c2)Nc2ccc(F)cc2N1. The number of hydrogen-bond acceptors (Lipinski definition) is 3. The molecule has 5 rings (SSSR count). The number of carbonyl (C=O) groups is 1. The maximum atomic E-state index is 14.2. The van der Waals surface area contributed by atoms with Gasteiger partial charge < -0.3 is 16.0 Å². The van der Waals surface area contributed by atoms with Crippen molar-refractivity contribution in [3.63, 3.8) is 0 Å². The van der Waals surface area contributed by atoms with E-state index in [2.05, 4.69) is 22.0 Å². The minimum atomic E-state index is -0.748. The quantitative estimate of drug-likeness (QED) is 0.418. The lowest BCUT2D eigenvalue weighted by Crippen LogP contribution is -2.60. The predicted molar refractivity (Wildman–Crippen MR) is 137 cm³/mol. The average Bonchev–Trinajstić information content (AvgIpc) is 3.18. The van der Waals surface area contributed by atoms with Crippen molar-refractivity contribution >= 4 is 28.9 Å². The second-order valence-corrected chi connectivity index (χ2v) is 10.9. The number of benzene rings is 2. The smallest absolute Gasteiger partial charge is 0.227 e. The molecule has 2 fully saturated rings. The third kappa shape index (κ3) is 5.05. The van der Waals surface area contributed by atoms with Crippen molar-refractivity contribution in [3.05, 3.63) is 58.9 Å². The van der Waals surface area contributed by atoms with Gasteiger partial charge in [-0.05, 0) is 67.5 Å². The first-order valence-electron chi connectivity index (χ1n) is 12.9. The molecule has 2 atom stereocenters. The van der Waals surface area contributed by atoms with Crippen LogP contribution in [0, 0.1) is 17.7 Å². The number of rotatable bonds is 6. The molecule has 1 amide bonds. The zero-order valence-electron chi connectivity index (χ0n) is 19.7. The van der Waals surface area contributed by atoms with E-state index in [4.69, 9.17) is 11.6 Å². The number of carbonyl (C=O) groups excluding carboxylic acids is 1. The summed E-state index contributed by atoms with van der Waals surface area (Å²) in [5.41, 5.74) is 1.86. The Bertz CT molecular complexity index is 1020. The van der Waals surface area contributed by atoms with Crippen LogP contribution in [0.4, 0.5) is 15.8 Å². The highest BCUT2D eigenvalue weighted by molar-refractivity contribution is 6.30. The molecule has 34 heavy (non-hydrogen) atoms. The summed E-state index contributed by atoms with van der Waals surface area (Å²) in [6.07, 6.45) is 11.9. The molecule has 0 bridgehead atoms. The van der Waals surface area contributed by atoms with Crippen LogP contribution >= 0.6 is 11.6 Å². The fourth-order valence-electron chi connectivity index (χ4n) is 6.41. The predicted octanol–water partition coefficient (Wildman–Crippen LogP) is 6.90. The molecule has 2 aliphatic carbocycles. The number of anilines is 2. The molecule has 4 nitrogen and oxygen atoms in total. The zero-order valence-corrected chi connectivity index (χ0v) is 20.5. The van der Waals surface area contributed by atoms with E-state index in [9.17, 15) is 9.18 Å². The van der Waals surface area contributed by atoms with Gasteiger partial charge in [0, 0.05) is 17.5 Å². The van der Waals surface area contributed by atoms with Gasteiger partial charge in [-0.2, -0.15) is 0 Å². The van der Waals surface area contributed by atoms with Crippen LogP contribution in [0.3, 0.4) is 0 Å². The normalized spacial score (nSPS) is 24.1. The molecule has 182 valence electrons. The van der Waals surface area contributed by atoms with Crippen molar-refractivity contribution in [2.24, 2.45) is 11.8 Å². The first-order valence-corrected chi connectivity index (χ1v) is 13.3. The van der Waals surface area contributed by atoms with E-state index in [1.54, 1.807) is 6.07 Å². The lowest BCUT2D eigenvalue weighted by Gasteiger charge is -2.44. The molecule has 3 aliphatic rings. The maximum Gasteiger partial charge on any atom is 0.227 e. The summed E-state index contributed by atoms with van der Waals surface area (Å²) in [7, 11) is 0. The highest BCUT2D eigenvalue weighted by Crippen LogP contribution is 2.45. The number of fused-ring (bicyclic) bond motifs is 1. The molecule has 1 heterocycles. The monoisotopic (exact) mass is 483 g/mol. The highest BCUT2D eigenvalue weighted by atomic mass is 35.5. The number of halogens is 2. The van der Waals surface area contributed by atoms with Gasteiger partial charge in [-0.1, -0.05) is 62.3 Å². The topological polar surface area (TPSA) is 53.2 Å². The van der Waals surface area contributed by atoms with Crippen LogP contribution in [0.1, 0.15) is 69.8 Å². The Morgan fingerprint density at radius 1 is 0.971 bits per heavy atom.